The number of hydrogen-bond donors (Lipinski definition) is 1. The van der Waals surface area contributed by atoms with Crippen LogP contribution in [-0.2, 0) is 4.79 Å². The van der Waals surface area contributed by atoms with Gasteiger partial charge in [-0.1, -0.05) is 32.9 Å². The van der Waals surface area contributed by atoms with E-state index in [2.05, 4.69) is 37.1 Å². The molecule has 1 amide bonds. The molecular formula is C16H22N2OS. The molecule has 1 aromatic heterocycles. The fourth-order valence-corrected chi connectivity index (χ4v) is 3.26. The summed E-state index contributed by atoms with van der Waals surface area (Å²) in [6.45, 7) is 6.90. The van der Waals surface area contributed by atoms with E-state index in [1.165, 1.54) is 4.70 Å². The summed E-state index contributed by atoms with van der Waals surface area (Å²) >= 11 is 1.71. The summed E-state index contributed by atoms with van der Waals surface area (Å²) in [4.78, 5) is 16.6. The van der Waals surface area contributed by atoms with Gasteiger partial charge >= 0.3 is 0 Å². The molecular weight excluding hydrogens is 268 g/mol. The van der Waals surface area contributed by atoms with E-state index in [0.29, 0.717) is 6.54 Å². The second-order valence-electron chi connectivity index (χ2n) is 5.18. The molecule has 1 heterocycles. The van der Waals surface area contributed by atoms with E-state index < -0.39 is 0 Å². The molecule has 0 bridgehead atoms. The summed E-state index contributed by atoms with van der Waals surface area (Å²) < 4.78 is 1.21. The van der Waals surface area contributed by atoms with E-state index in [4.69, 9.17) is 0 Å². The average molecular weight is 290 g/mol. The lowest BCUT2D eigenvalue weighted by Crippen LogP contribution is -2.32. The number of rotatable bonds is 6. The van der Waals surface area contributed by atoms with E-state index >= 15 is 0 Å². The predicted octanol–water partition coefficient (Wildman–Crippen LogP) is 3.95. The maximum Gasteiger partial charge on any atom is 0.223 e. The zero-order valence-corrected chi connectivity index (χ0v) is 13.2. The van der Waals surface area contributed by atoms with Gasteiger partial charge in [-0.25, -0.2) is 4.98 Å². The van der Waals surface area contributed by atoms with Gasteiger partial charge in [0.1, 0.15) is 0 Å². The van der Waals surface area contributed by atoms with Gasteiger partial charge in [0.15, 0.2) is 0 Å². The SMILES string of the molecule is CCC(CC)C(=O)NCC(C)c1nc2ccccc2s1. The Morgan fingerprint density at radius 3 is 2.65 bits per heavy atom. The van der Waals surface area contributed by atoms with Crippen LogP contribution in [0.25, 0.3) is 10.2 Å². The Balaban J connectivity index is 1.98. The molecule has 0 saturated heterocycles. The highest BCUT2D eigenvalue weighted by Gasteiger charge is 2.16. The van der Waals surface area contributed by atoms with Crippen molar-refractivity contribution in [3.63, 3.8) is 0 Å². The second kappa shape index (κ2) is 6.84. The summed E-state index contributed by atoms with van der Waals surface area (Å²) in [5, 5.41) is 4.15. The van der Waals surface area contributed by atoms with Crippen molar-refractivity contribution in [1.29, 1.82) is 0 Å². The lowest BCUT2D eigenvalue weighted by molar-refractivity contribution is -0.125. The molecule has 0 spiro atoms. The van der Waals surface area contributed by atoms with Crippen LogP contribution in [0.5, 0.6) is 0 Å². The van der Waals surface area contributed by atoms with Gasteiger partial charge in [0.25, 0.3) is 0 Å². The minimum atomic E-state index is 0.137. The Hall–Kier alpha value is -1.42. The fraction of sp³-hybridized carbons (Fsp3) is 0.500. The van der Waals surface area contributed by atoms with Crippen LogP contribution < -0.4 is 5.32 Å². The number of fused-ring (bicyclic) bond motifs is 1. The molecule has 2 aromatic rings. The number of nitrogens with zero attached hydrogens (tertiary/aromatic N) is 1. The number of carbonyl (C=O) groups excluding carboxylic acids is 1. The quantitative estimate of drug-likeness (QED) is 0.875. The van der Waals surface area contributed by atoms with Crippen molar-refractivity contribution in [1.82, 2.24) is 10.3 Å². The van der Waals surface area contributed by atoms with Crippen LogP contribution >= 0.6 is 11.3 Å². The van der Waals surface area contributed by atoms with Crippen molar-refractivity contribution in [3.05, 3.63) is 29.3 Å². The average Bonchev–Trinajstić information content (AvgIpc) is 2.90. The van der Waals surface area contributed by atoms with Crippen molar-refractivity contribution in [2.75, 3.05) is 6.54 Å². The Labute approximate surface area is 124 Å². The van der Waals surface area contributed by atoms with Gasteiger partial charge in [0, 0.05) is 18.4 Å². The fourth-order valence-electron chi connectivity index (χ4n) is 2.25. The van der Waals surface area contributed by atoms with E-state index in [0.717, 1.165) is 23.4 Å². The van der Waals surface area contributed by atoms with Crippen LogP contribution in [0.2, 0.25) is 0 Å². The topological polar surface area (TPSA) is 42.0 Å². The minimum Gasteiger partial charge on any atom is -0.355 e. The summed E-state index contributed by atoms with van der Waals surface area (Å²) in [5.41, 5.74) is 1.05. The van der Waals surface area contributed by atoms with Gasteiger partial charge in [-0.05, 0) is 25.0 Å². The first-order valence-corrected chi connectivity index (χ1v) is 8.10. The summed E-state index contributed by atoms with van der Waals surface area (Å²) in [5.74, 6) is 0.561. The van der Waals surface area contributed by atoms with E-state index in [1.54, 1.807) is 11.3 Å². The molecule has 0 fully saturated rings. The first kappa shape index (κ1) is 15.0. The highest BCUT2D eigenvalue weighted by atomic mass is 32.1. The zero-order valence-electron chi connectivity index (χ0n) is 12.3. The van der Waals surface area contributed by atoms with Gasteiger partial charge in [-0.2, -0.15) is 0 Å². The second-order valence-corrected chi connectivity index (χ2v) is 6.24. The Morgan fingerprint density at radius 2 is 2.00 bits per heavy atom. The largest absolute Gasteiger partial charge is 0.355 e. The molecule has 0 saturated carbocycles. The summed E-state index contributed by atoms with van der Waals surface area (Å²) in [7, 11) is 0. The highest BCUT2D eigenvalue weighted by Crippen LogP contribution is 2.26. The zero-order chi connectivity index (χ0) is 14.5. The van der Waals surface area contributed by atoms with Gasteiger partial charge in [0.05, 0.1) is 15.2 Å². The van der Waals surface area contributed by atoms with Crippen LogP contribution in [0.4, 0.5) is 0 Å². The van der Waals surface area contributed by atoms with Crippen LogP contribution in [0.15, 0.2) is 24.3 Å². The Bertz CT molecular complexity index is 542. The lowest BCUT2D eigenvalue weighted by atomic mass is 10.0. The van der Waals surface area contributed by atoms with Gasteiger partial charge in [-0.3, -0.25) is 4.79 Å². The number of thiazole rings is 1. The van der Waals surface area contributed by atoms with Gasteiger partial charge in [-0.15, -0.1) is 11.3 Å². The molecule has 3 nitrogen and oxygen atoms in total. The van der Waals surface area contributed by atoms with Crippen LogP contribution in [0.3, 0.4) is 0 Å². The Kier molecular flexibility index (Phi) is 5.12. The molecule has 108 valence electrons. The molecule has 0 aliphatic heterocycles. The number of amides is 1. The smallest absolute Gasteiger partial charge is 0.223 e. The minimum absolute atomic E-state index is 0.137. The summed E-state index contributed by atoms with van der Waals surface area (Å²) in [6, 6.07) is 8.16. The number of aromatic nitrogens is 1. The van der Waals surface area contributed by atoms with Gasteiger partial charge in [0.2, 0.25) is 5.91 Å². The maximum absolute atomic E-state index is 12.0. The van der Waals surface area contributed by atoms with Crippen molar-refractivity contribution in [3.8, 4) is 0 Å². The van der Waals surface area contributed by atoms with E-state index in [1.807, 2.05) is 18.2 Å². The van der Waals surface area contributed by atoms with E-state index in [-0.39, 0.29) is 17.7 Å². The molecule has 20 heavy (non-hydrogen) atoms. The number of benzene rings is 1. The van der Waals surface area contributed by atoms with E-state index in [9.17, 15) is 4.79 Å². The summed E-state index contributed by atoms with van der Waals surface area (Å²) in [6.07, 6.45) is 1.80. The lowest BCUT2D eigenvalue weighted by Gasteiger charge is -2.15. The third kappa shape index (κ3) is 3.37. The molecule has 4 heteroatoms. The molecule has 1 aromatic carbocycles. The number of hydrogen-bond acceptors (Lipinski definition) is 3. The monoisotopic (exact) mass is 290 g/mol. The molecule has 0 aliphatic rings. The standard InChI is InChI=1S/C16H22N2OS/c1-4-12(5-2)15(19)17-10-11(3)16-18-13-8-6-7-9-14(13)20-16/h6-9,11-12H,4-5,10H2,1-3H3,(H,17,19). The number of carbonyl (C=O) groups is 1. The van der Waals surface area contributed by atoms with Crippen LogP contribution in [0.1, 0.15) is 44.5 Å². The third-order valence-electron chi connectivity index (χ3n) is 3.67. The molecule has 0 aliphatic carbocycles. The van der Waals surface area contributed by atoms with Crippen molar-refractivity contribution < 1.29 is 4.79 Å². The number of para-hydroxylation sites is 1. The normalized spacial score (nSPS) is 12.8. The van der Waals surface area contributed by atoms with Crippen molar-refractivity contribution in [2.45, 2.75) is 39.5 Å². The molecule has 2 rings (SSSR count). The molecule has 0 radical (unpaired) electrons. The Morgan fingerprint density at radius 1 is 1.30 bits per heavy atom. The highest BCUT2D eigenvalue weighted by molar-refractivity contribution is 7.18. The van der Waals surface area contributed by atoms with Crippen molar-refractivity contribution >= 4 is 27.5 Å². The molecule has 1 atom stereocenters. The maximum atomic E-state index is 12.0. The first-order valence-electron chi connectivity index (χ1n) is 7.28. The number of nitrogens with one attached hydrogen (secondary N) is 1. The molecule has 1 N–H and O–H groups in total. The van der Waals surface area contributed by atoms with Crippen LogP contribution in [0, 0.1) is 5.92 Å². The predicted molar refractivity (Wildman–Crippen MR) is 85.1 cm³/mol. The third-order valence-corrected chi connectivity index (χ3v) is 4.94. The molecule has 1 unspecified atom stereocenters. The van der Waals surface area contributed by atoms with Gasteiger partial charge < -0.3 is 5.32 Å². The van der Waals surface area contributed by atoms with Crippen LogP contribution in [-0.4, -0.2) is 17.4 Å². The first-order chi connectivity index (χ1) is 9.65. The van der Waals surface area contributed by atoms with Crippen molar-refractivity contribution in [2.24, 2.45) is 5.92 Å².